The van der Waals surface area contributed by atoms with Crippen molar-refractivity contribution in [1.82, 2.24) is 20.1 Å². The van der Waals surface area contributed by atoms with Gasteiger partial charge in [0.05, 0.1) is 0 Å². The third-order valence-electron chi connectivity index (χ3n) is 4.58. The van der Waals surface area contributed by atoms with Crippen LogP contribution in [-0.2, 0) is 6.42 Å². The molecule has 2 aromatic rings. The second kappa shape index (κ2) is 6.14. The molecule has 0 bridgehead atoms. The first-order valence-electron chi connectivity index (χ1n) is 8.34. The zero-order valence-electron chi connectivity index (χ0n) is 13.6. The van der Waals surface area contributed by atoms with Crippen LogP contribution in [0.25, 0.3) is 0 Å². The first-order chi connectivity index (χ1) is 11.7. The molecule has 0 unspecified atom stereocenters. The molecule has 1 N–H and O–H groups in total. The van der Waals surface area contributed by atoms with E-state index in [1.54, 1.807) is 18.2 Å². The monoisotopic (exact) mass is 328 g/mol. The van der Waals surface area contributed by atoms with Crippen molar-refractivity contribution in [2.24, 2.45) is 0 Å². The Bertz CT molecular complexity index is 758. The number of aryl methyl sites for hydroxylation is 1. The van der Waals surface area contributed by atoms with E-state index in [0.29, 0.717) is 23.6 Å². The molecule has 1 amide bonds. The number of ether oxygens (including phenoxy) is 2. The molecule has 1 aromatic heterocycles. The van der Waals surface area contributed by atoms with Crippen molar-refractivity contribution in [2.45, 2.75) is 32.1 Å². The Hall–Kier alpha value is -2.57. The van der Waals surface area contributed by atoms with E-state index < -0.39 is 0 Å². The van der Waals surface area contributed by atoms with E-state index >= 15 is 0 Å². The number of carbonyl (C=O) groups is 1. The number of benzene rings is 1. The molecule has 1 aromatic carbocycles. The smallest absolute Gasteiger partial charge is 0.254 e. The summed E-state index contributed by atoms with van der Waals surface area (Å²) in [4.78, 5) is 19.2. The maximum atomic E-state index is 12.8. The number of hydrogen-bond acceptors (Lipinski definition) is 5. The van der Waals surface area contributed by atoms with Crippen molar-refractivity contribution < 1.29 is 14.3 Å². The summed E-state index contributed by atoms with van der Waals surface area (Å²) in [5.41, 5.74) is 0.629. The van der Waals surface area contributed by atoms with Crippen LogP contribution in [0, 0.1) is 0 Å². The Balaban J connectivity index is 1.50. The van der Waals surface area contributed by atoms with E-state index in [9.17, 15) is 4.79 Å². The number of likely N-dealkylation sites (tertiary alicyclic amines) is 1. The van der Waals surface area contributed by atoms with Crippen molar-refractivity contribution in [2.75, 3.05) is 19.9 Å². The number of hydrogen-bond donors (Lipinski definition) is 1. The number of aromatic nitrogens is 3. The predicted molar refractivity (Wildman–Crippen MR) is 86.2 cm³/mol. The Morgan fingerprint density at radius 1 is 1.38 bits per heavy atom. The Kier molecular flexibility index (Phi) is 3.84. The van der Waals surface area contributed by atoms with Crippen molar-refractivity contribution in [3.05, 3.63) is 35.4 Å². The molecule has 24 heavy (non-hydrogen) atoms. The second-order valence-corrected chi connectivity index (χ2v) is 6.15. The molecule has 0 radical (unpaired) electrons. The fourth-order valence-corrected chi connectivity index (χ4v) is 3.24. The molecule has 3 heterocycles. The molecule has 7 heteroatoms. The van der Waals surface area contributed by atoms with Crippen LogP contribution in [0.15, 0.2) is 18.2 Å². The van der Waals surface area contributed by atoms with E-state index in [1.165, 1.54) is 0 Å². The van der Waals surface area contributed by atoms with Gasteiger partial charge in [0.1, 0.15) is 5.82 Å². The molecule has 2 aliphatic heterocycles. The van der Waals surface area contributed by atoms with Crippen LogP contribution in [-0.4, -0.2) is 45.9 Å². The first-order valence-corrected chi connectivity index (χ1v) is 8.34. The minimum atomic E-state index is 0.0178. The number of fused-ring (bicyclic) bond motifs is 1. The van der Waals surface area contributed by atoms with Crippen LogP contribution >= 0.6 is 0 Å². The quantitative estimate of drug-likeness (QED) is 0.933. The summed E-state index contributed by atoms with van der Waals surface area (Å²) >= 11 is 0. The van der Waals surface area contributed by atoms with Crippen molar-refractivity contribution in [1.29, 1.82) is 0 Å². The summed E-state index contributed by atoms with van der Waals surface area (Å²) in [6.07, 6.45) is 2.79. The third kappa shape index (κ3) is 2.70. The van der Waals surface area contributed by atoms with Gasteiger partial charge in [0.2, 0.25) is 6.79 Å². The van der Waals surface area contributed by atoms with Gasteiger partial charge in [-0.3, -0.25) is 9.89 Å². The molecule has 1 atom stereocenters. The van der Waals surface area contributed by atoms with E-state index in [1.807, 2.05) is 11.8 Å². The van der Waals surface area contributed by atoms with Crippen LogP contribution in [0.4, 0.5) is 0 Å². The summed E-state index contributed by atoms with van der Waals surface area (Å²) < 4.78 is 10.7. The van der Waals surface area contributed by atoms with Gasteiger partial charge >= 0.3 is 0 Å². The summed E-state index contributed by atoms with van der Waals surface area (Å²) in [6, 6.07) is 5.34. The lowest BCUT2D eigenvalue weighted by molar-refractivity contribution is 0.0704. The van der Waals surface area contributed by atoms with Gasteiger partial charge in [0.25, 0.3) is 5.91 Å². The van der Waals surface area contributed by atoms with Crippen LogP contribution in [0.1, 0.15) is 47.7 Å². The van der Waals surface area contributed by atoms with Crippen LogP contribution in [0.5, 0.6) is 11.5 Å². The highest BCUT2D eigenvalue weighted by Crippen LogP contribution is 2.33. The maximum absolute atomic E-state index is 12.8. The second-order valence-electron chi connectivity index (χ2n) is 6.15. The highest BCUT2D eigenvalue weighted by atomic mass is 16.7. The molecular weight excluding hydrogens is 308 g/mol. The van der Waals surface area contributed by atoms with Crippen molar-refractivity contribution in [3.63, 3.8) is 0 Å². The minimum absolute atomic E-state index is 0.0178. The lowest BCUT2D eigenvalue weighted by atomic mass is 9.96. The van der Waals surface area contributed by atoms with Gasteiger partial charge in [-0.05, 0) is 31.0 Å². The largest absolute Gasteiger partial charge is 0.454 e. The van der Waals surface area contributed by atoms with Gasteiger partial charge < -0.3 is 14.4 Å². The fraction of sp³-hybridized carbons (Fsp3) is 0.471. The van der Waals surface area contributed by atoms with Gasteiger partial charge in [0, 0.05) is 31.0 Å². The third-order valence-corrected chi connectivity index (χ3v) is 4.58. The van der Waals surface area contributed by atoms with Gasteiger partial charge in [0.15, 0.2) is 17.3 Å². The number of nitrogens with one attached hydrogen (secondary N) is 1. The van der Waals surface area contributed by atoms with Crippen LogP contribution in [0.2, 0.25) is 0 Å². The van der Waals surface area contributed by atoms with Crippen LogP contribution in [0.3, 0.4) is 0 Å². The van der Waals surface area contributed by atoms with Gasteiger partial charge in [-0.25, -0.2) is 4.98 Å². The topological polar surface area (TPSA) is 80.3 Å². The summed E-state index contributed by atoms with van der Waals surface area (Å²) in [5.74, 6) is 3.24. The maximum Gasteiger partial charge on any atom is 0.254 e. The first kappa shape index (κ1) is 15.0. The average Bonchev–Trinajstić information content (AvgIpc) is 3.29. The molecular formula is C17H20N4O3. The molecule has 7 nitrogen and oxygen atoms in total. The van der Waals surface area contributed by atoms with E-state index in [-0.39, 0.29) is 18.6 Å². The van der Waals surface area contributed by atoms with E-state index in [4.69, 9.17) is 9.47 Å². The Morgan fingerprint density at radius 3 is 3.08 bits per heavy atom. The van der Waals surface area contributed by atoms with Gasteiger partial charge in [-0.1, -0.05) is 6.92 Å². The molecule has 1 saturated heterocycles. The number of aromatic amines is 1. The SMILES string of the molecule is CCc1nc([C@@H]2CCCN(C(=O)c3ccc4c(c3)OCO4)C2)n[nH]1. The Labute approximate surface area is 140 Å². The molecule has 0 aliphatic carbocycles. The fourth-order valence-electron chi connectivity index (χ4n) is 3.24. The zero-order valence-corrected chi connectivity index (χ0v) is 13.6. The van der Waals surface area contributed by atoms with Crippen LogP contribution < -0.4 is 9.47 Å². The number of carbonyl (C=O) groups excluding carboxylic acids is 1. The lowest BCUT2D eigenvalue weighted by Crippen LogP contribution is -2.39. The predicted octanol–water partition coefficient (Wildman–Crippen LogP) is 2.12. The average molecular weight is 328 g/mol. The normalized spacial score (nSPS) is 19.5. The molecule has 2 aliphatic rings. The summed E-state index contributed by atoms with van der Waals surface area (Å²) in [5, 5.41) is 7.28. The number of H-pyrrole nitrogens is 1. The van der Waals surface area contributed by atoms with Gasteiger partial charge in [-0.15, -0.1) is 0 Å². The van der Waals surface area contributed by atoms with E-state index in [0.717, 1.165) is 37.5 Å². The highest BCUT2D eigenvalue weighted by molar-refractivity contribution is 5.95. The molecule has 4 rings (SSSR count). The van der Waals surface area contributed by atoms with Crippen molar-refractivity contribution in [3.8, 4) is 11.5 Å². The number of piperidine rings is 1. The van der Waals surface area contributed by atoms with Crippen molar-refractivity contribution >= 4 is 5.91 Å². The molecule has 0 saturated carbocycles. The Morgan fingerprint density at radius 2 is 2.25 bits per heavy atom. The molecule has 126 valence electrons. The number of nitrogens with zero attached hydrogens (tertiary/aromatic N) is 3. The zero-order chi connectivity index (χ0) is 16.5. The standard InChI is InChI=1S/C17H20N4O3/c1-2-15-18-16(20-19-15)12-4-3-7-21(9-12)17(22)11-5-6-13-14(8-11)24-10-23-13/h5-6,8,12H,2-4,7,9-10H2,1H3,(H,18,19,20)/t12-/m1/s1. The summed E-state index contributed by atoms with van der Waals surface area (Å²) in [6.45, 7) is 3.66. The number of rotatable bonds is 3. The minimum Gasteiger partial charge on any atom is -0.454 e. The highest BCUT2D eigenvalue weighted by Gasteiger charge is 2.28. The molecule has 0 spiro atoms. The summed E-state index contributed by atoms with van der Waals surface area (Å²) in [7, 11) is 0. The number of amides is 1. The lowest BCUT2D eigenvalue weighted by Gasteiger charge is -2.31. The van der Waals surface area contributed by atoms with E-state index in [2.05, 4.69) is 15.2 Å². The molecule has 1 fully saturated rings. The van der Waals surface area contributed by atoms with Gasteiger partial charge in [-0.2, -0.15) is 5.10 Å².